The summed E-state index contributed by atoms with van der Waals surface area (Å²) in [7, 11) is 0. The SMILES string of the molecule is NCc1cccc(Nc2ccc(NC(=O)c3cccc(N)c3N)cc2)c1. The summed E-state index contributed by atoms with van der Waals surface area (Å²) in [4.78, 5) is 12.4. The van der Waals surface area contributed by atoms with Crippen LogP contribution in [0.2, 0.25) is 0 Å². The topological polar surface area (TPSA) is 119 Å². The Kier molecular flexibility index (Phi) is 5.05. The first-order valence-electron chi connectivity index (χ1n) is 8.18. The number of amides is 1. The largest absolute Gasteiger partial charge is 0.397 e. The van der Waals surface area contributed by atoms with Gasteiger partial charge in [0.25, 0.3) is 5.91 Å². The number of carbonyl (C=O) groups is 1. The number of nitrogen functional groups attached to an aromatic ring is 2. The van der Waals surface area contributed by atoms with E-state index in [1.165, 1.54) is 0 Å². The number of carbonyl (C=O) groups excluding carboxylic acids is 1. The highest BCUT2D eigenvalue weighted by Gasteiger charge is 2.11. The molecule has 0 aliphatic carbocycles. The van der Waals surface area contributed by atoms with Gasteiger partial charge in [0.1, 0.15) is 0 Å². The van der Waals surface area contributed by atoms with Gasteiger partial charge in [-0.3, -0.25) is 4.79 Å². The van der Waals surface area contributed by atoms with Gasteiger partial charge in [0, 0.05) is 23.6 Å². The van der Waals surface area contributed by atoms with Crippen molar-refractivity contribution < 1.29 is 4.79 Å². The Bertz CT molecular complexity index is 922. The minimum absolute atomic E-state index is 0.281. The third kappa shape index (κ3) is 3.93. The summed E-state index contributed by atoms with van der Waals surface area (Å²) < 4.78 is 0. The summed E-state index contributed by atoms with van der Waals surface area (Å²) in [5.41, 5.74) is 21.9. The molecule has 3 rings (SSSR count). The van der Waals surface area contributed by atoms with E-state index in [9.17, 15) is 4.79 Å². The molecule has 0 unspecified atom stereocenters. The maximum Gasteiger partial charge on any atom is 0.257 e. The van der Waals surface area contributed by atoms with E-state index in [1.807, 2.05) is 48.5 Å². The zero-order valence-corrected chi connectivity index (χ0v) is 14.2. The highest BCUT2D eigenvalue weighted by Crippen LogP contribution is 2.23. The van der Waals surface area contributed by atoms with Crippen molar-refractivity contribution in [2.45, 2.75) is 6.54 Å². The molecule has 0 atom stereocenters. The fourth-order valence-corrected chi connectivity index (χ4v) is 2.56. The van der Waals surface area contributed by atoms with Gasteiger partial charge in [-0.2, -0.15) is 0 Å². The van der Waals surface area contributed by atoms with Crippen LogP contribution >= 0.6 is 0 Å². The molecule has 8 N–H and O–H groups in total. The molecule has 0 aromatic heterocycles. The smallest absolute Gasteiger partial charge is 0.257 e. The molecule has 6 heteroatoms. The van der Waals surface area contributed by atoms with E-state index in [0.29, 0.717) is 23.5 Å². The van der Waals surface area contributed by atoms with Crippen LogP contribution in [0, 0.1) is 0 Å². The second-order valence-electron chi connectivity index (χ2n) is 5.87. The summed E-state index contributed by atoms with van der Waals surface area (Å²) >= 11 is 0. The molecule has 3 aromatic carbocycles. The predicted octanol–water partition coefficient (Wildman–Crippen LogP) is 3.31. The fourth-order valence-electron chi connectivity index (χ4n) is 2.56. The highest BCUT2D eigenvalue weighted by atomic mass is 16.1. The number of anilines is 5. The van der Waals surface area contributed by atoms with Gasteiger partial charge in [-0.05, 0) is 54.1 Å². The minimum Gasteiger partial charge on any atom is -0.397 e. The second kappa shape index (κ2) is 7.58. The van der Waals surface area contributed by atoms with Gasteiger partial charge in [-0.25, -0.2) is 0 Å². The molecular weight excluding hydrogens is 326 g/mol. The lowest BCUT2D eigenvalue weighted by atomic mass is 10.1. The lowest BCUT2D eigenvalue weighted by molar-refractivity contribution is 0.102. The van der Waals surface area contributed by atoms with Crippen LogP contribution in [0.5, 0.6) is 0 Å². The van der Waals surface area contributed by atoms with Crippen molar-refractivity contribution in [1.82, 2.24) is 0 Å². The first-order chi connectivity index (χ1) is 12.6. The standard InChI is InChI=1S/C20H21N5O/c21-12-13-3-1-4-16(11-13)24-14-7-9-15(10-8-14)25-20(26)17-5-2-6-18(22)19(17)23/h1-11,24H,12,21-23H2,(H,25,26). The number of rotatable bonds is 5. The summed E-state index contributed by atoms with van der Waals surface area (Å²) in [5.74, 6) is -0.300. The Hall–Kier alpha value is -3.51. The molecule has 6 nitrogen and oxygen atoms in total. The molecule has 0 spiro atoms. The van der Waals surface area contributed by atoms with Gasteiger partial charge in [0.2, 0.25) is 0 Å². The molecule has 132 valence electrons. The van der Waals surface area contributed by atoms with E-state index in [0.717, 1.165) is 16.9 Å². The Morgan fingerprint density at radius 2 is 1.54 bits per heavy atom. The number of hydrogen-bond acceptors (Lipinski definition) is 5. The average Bonchev–Trinajstić information content (AvgIpc) is 2.65. The van der Waals surface area contributed by atoms with Gasteiger partial charge in [-0.15, -0.1) is 0 Å². The third-order valence-corrected chi connectivity index (χ3v) is 3.98. The summed E-state index contributed by atoms with van der Waals surface area (Å²) in [6.45, 7) is 0.494. The Labute approximate surface area is 152 Å². The van der Waals surface area contributed by atoms with Crippen LogP contribution in [0.15, 0.2) is 66.7 Å². The number of benzene rings is 3. The molecule has 0 bridgehead atoms. The Morgan fingerprint density at radius 3 is 2.27 bits per heavy atom. The molecule has 0 heterocycles. The van der Waals surface area contributed by atoms with Crippen molar-refractivity contribution in [2.75, 3.05) is 22.1 Å². The molecule has 0 saturated carbocycles. The van der Waals surface area contributed by atoms with Gasteiger partial charge in [0.15, 0.2) is 0 Å². The Morgan fingerprint density at radius 1 is 0.846 bits per heavy atom. The summed E-state index contributed by atoms with van der Waals surface area (Å²) in [6, 6.07) is 20.3. The van der Waals surface area contributed by atoms with E-state index < -0.39 is 0 Å². The molecule has 1 amide bonds. The van der Waals surface area contributed by atoms with E-state index in [1.54, 1.807) is 18.2 Å². The molecule has 3 aromatic rings. The highest BCUT2D eigenvalue weighted by molar-refractivity contribution is 6.09. The van der Waals surface area contributed by atoms with Gasteiger partial charge in [-0.1, -0.05) is 18.2 Å². The minimum atomic E-state index is -0.300. The molecule has 0 radical (unpaired) electrons. The van der Waals surface area contributed by atoms with E-state index in [-0.39, 0.29) is 11.6 Å². The average molecular weight is 347 g/mol. The van der Waals surface area contributed by atoms with Crippen molar-refractivity contribution in [1.29, 1.82) is 0 Å². The van der Waals surface area contributed by atoms with Crippen molar-refractivity contribution in [2.24, 2.45) is 5.73 Å². The predicted molar refractivity (Wildman–Crippen MR) is 107 cm³/mol. The first kappa shape index (κ1) is 17.3. The van der Waals surface area contributed by atoms with Gasteiger partial charge < -0.3 is 27.8 Å². The van der Waals surface area contributed by atoms with Crippen LogP contribution in [0.1, 0.15) is 15.9 Å². The summed E-state index contributed by atoms with van der Waals surface area (Å²) in [5, 5.41) is 6.12. The van der Waals surface area contributed by atoms with E-state index in [4.69, 9.17) is 17.2 Å². The second-order valence-corrected chi connectivity index (χ2v) is 5.87. The molecule has 0 aliphatic rings. The lowest BCUT2D eigenvalue weighted by Gasteiger charge is -2.11. The normalized spacial score (nSPS) is 10.3. The molecule has 0 fully saturated rings. The fraction of sp³-hybridized carbons (Fsp3) is 0.0500. The van der Waals surface area contributed by atoms with Crippen LogP contribution in [0.4, 0.5) is 28.4 Å². The maximum absolute atomic E-state index is 12.4. The lowest BCUT2D eigenvalue weighted by Crippen LogP contribution is -2.14. The van der Waals surface area contributed by atoms with Crippen LogP contribution in [0.3, 0.4) is 0 Å². The Balaban J connectivity index is 1.69. The molecule has 0 aliphatic heterocycles. The monoisotopic (exact) mass is 347 g/mol. The third-order valence-electron chi connectivity index (χ3n) is 3.98. The van der Waals surface area contributed by atoms with Crippen molar-refractivity contribution in [3.63, 3.8) is 0 Å². The van der Waals surface area contributed by atoms with E-state index >= 15 is 0 Å². The van der Waals surface area contributed by atoms with E-state index in [2.05, 4.69) is 10.6 Å². The molecule has 26 heavy (non-hydrogen) atoms. The number of para-hydroxylation sites is 1. The van der Waals surface area contributed by atoms with Crippen LogP contribution in [-0.4, -0.2) is 5.91 Å². The van der Waals surface area contributed by atoms with Gasteiger partial charge >= 0.3 is 0 Å². The van der Waals surface area contributed by atoms with Crippen LogP contribution < -0.4 is 27.8 Å². The number of hydrogen-bond donors (Lipinski definition) is 5. The van der Waals surface area contributed by atoms with Crippen LogP contribution in [0.25, 0.3) is 0 Å². The molecule has 0 saturated heterocycles. The zero-order chi connectivity index (χ0) is 18.5. The molecular formula is C20H21N5O. The van der Waals surface area contributed by atoms with Gasteiger partial charge in [0.05, 0.1) is 16.9 Å². The van der Waals surface area contributed by atoms with Crippen molar-refractivity contribution in [3.05, 3.63) is 77.9 Å². The number of nitrogens with two attached hydrogens (primary N) is 3. The van der Waals surface area contributed by atoms with Crippen molar-refractivity contribution >= 4 is 34.3 Å². The first-order valence-corrected chi connectivity index (χ1v) is 8.18. The quantitative estimate of drug-likeness (QED) is 0.454. The maximum atomic E-state index is 12.4. The summed E-state index contributed by atoms with van der Waals surface area (Å²) in [6.07, 6.45) is 0. The zero-order valence-electron chi connectivity index (χ0n) is 14.2. The van der Waals surface area contributed by atoms with Crippen LogP contribution in [-0.2, 0) is 6.54 Å². The number of nitrogens with one attached hydrogen (secondary N) is 2. The van der Waals surface area contributed by atoms with Crippen molar-refractivity contribution in [3.8, 4) is 0 Å².